The molecule has 0 aliphatic carbocycles. The second kappa shape index (κ2) is 6.10. The van der Waals surface area contributed by atoms with Gasteiger partial charge < -0.3 is 10.2 Å². The van der Waals surface area contributed by atoms with E-state index >= 15 is 0 Å². The Balaban J connectivity index is 1.96. The zero-order valence-electron chi connectivity index (χ0n) is 11.0. The molecule has 3 nitrogen and oxygen atoms in total. The predicted octanol–water partition coefficient (Wildman–Crippen LogP) is 1.58. The summed E-state index contributed by atoms with van der Waals surface area (Å²) in [5, 5.41) is 3.09. The molecule has 0 saturated carbocycles. The Labute approximate surface area is 111 Å². The van der Waals surface area contributed by atoms with E-state index in [0.717, 1.165) is 31.2 Å². The van der Waals surface area contributed by atoms with Gasteiger partial charge in [-0.15, -0.1) is 0 Å². The fourth-order valence-corrected chi connectivity index (χ4v) is 2.47. The van der Waals surface area contributed by atoms with Crippen molar-refractivity contribution in [3.63, 3.8) is 0 Å². The quantitative estimate of drug-likeness (QED) is 0.899. The summed E-state index contributed by atoms with van der Waals surface area (Å²) >= 11 is 0. The topological polar surface area (TPSA) is 32.3 Å². The van der Waals surface area contributed by atoms with Crippen LogP contribution >= 0.6 is 0 Å². The van der Waals surface area contributed by atoms with E-state index in [1.807, 2.05) is 7.05 Å². The molecule has 0 aromatic heterocycles. The lowest BCUT2D eigenvalue weighted by Gasteiger charge is -2.16. The standard InChI is InChI=1S/C14H18F2N2O/c1-17-8-10-4-5-18(9-10)14(19)7-11-6-12(15)2-3-13(11)16/h2-3,6,10,17H,4-5,7-9H2,1H3/t10-/m0/s1. The third-order valence-corrected chi connectivity index (χ3v) is 3.48. The summed E-state index contributed by atoms with van der Waals surface area (Å²) < 4.78 is 26.5. The Hall–Kier alpha value is -1.49. The van der Waals surface area contributed by atoms with E-state index in [-0.39, 0.29) is 17.9 Å². The van der Waals surface area contributed by atoms with Gasteiger partial charge in [-0.3, -0.25) is 4.79 Å². The van der Waals surface area contributed by atoms with E-state index in [4.69, 9.17) is 0 Å². The summed E-state index contributed by atoms with van der Waals surface area (Å²) in [6, 6.07) is 3.21. The Morgan fingerprint density at radius 2 is 2.26 bits per heavy atom. The summed E-state index contributed by atoms with van der Waals surface area (Å²) in [4.78, 5) is 13.8. The Kier molecular flexibility index (Phi) is 4.47. The molecule has 0 unspecified atom stereocenters. The molecule has 1 aromatic rings. The summed E-state index contributed by atoms with van der Waals surface area (Å²) in [7, 11) is 1.88. The molecule has 0 radical (unpaired) electrons. The van der Waals surface area contributed by atoms with Crippen LogP contribution in [0.2, 0.25) is 0 Å². The van der Waals surface area contributed by atoms with Crippen LogP contribution in [0.1, 0.15) is 12.0 Å². The monoisotopic (exact) mass is 268 g/mol. The second-order valence-corrected chi connectivity index (χ2v) is 4.96. The number of nitrogens with zero attached hydrogens (tertiary/aromatic N) is 1. The van der Waals surface area contributed by atoms with E-state index in [1.165, 1.54) is 0 Å². The third kappa shape index (κ3) is 3.50. The molecule has 1 aliphatic rings. The molecule has 0 bridgehead atoms. The van der Waals surface area contributed by atoms with Gasteiger partial charge in [0.25, 0.3) is 0 Å². The Morgan fingerprint density at radius 1 is 1.47 bits per heavy atom. The van der Waals surface area contributed by atoms with Crippen LogP contribution in [0.4, 0.5) is 8.78 Å². The smallest absolute Gasteiger partial charge is 0.227 e. The first-order valence-corrected chi connectivity index (χ1v) is 6.46. The molecule has 1 amide bonds. The summed E-state index contributed by atoms with van der Waals surface area (Å²) in [6.07, 6.45) is 0.883. The van der Waals surface area contributed by atoms with Crippen LogP contribution in [-0.4, -0.2) is 37.5 Å². The largest absolute Gasteiger partial charge is 0.342 e. The minimum absolute atomic E-state index is 0.0735. The lowest BCUT2D eigenvalue weighted by atomic mass is 10.1. The van der Waals surface area contributed by atoms with Gasteiger partial charge >= 0.3 is 0 Å². The zero-order chi connectivity index (χ0) is 13.8. The summed E-state index contributed by atoms with van der Waals surface area (Å²) in [5.41, 5.74) is 0.127. The molecular weight excluding hydrogens is 250 g/mol. The molecule has 1 N–H and O–H groups in total. The van der Waals surface area contributed by atoms with Crippen molar-refractivity contribution in [1.82, 2.24) is 10.2 Å². The number of likely N-dealkylation sites (tertiary alicyclic amines) is 1. The van der Waals surface area contributed by atoms with E-state index in [0.29, 0.717) is 19.0 Å². The summed E-state index contributed by atoms with van der Waals surface area (Å²) in [6.45, 7) is 2.26. The third-order valence-electron chi connectivity index (χ3n) is 3.48. The minimum atomic E-state index is -0.527. The van der Waals surface area contributed by atoms with Crippen molar-refractivity contribution in [2.75, 3.05) is 26.7 Å². The molecule has 2 rings (SSSR count). The van der Waals surface area contributed by atoms with Crippen LogP contribution in [0.25, 0.3) is 0 Å². The number of benzene rings is 1. The van der Waals surface area contributed by atoms with Crippen molar-refractivity contribution >= 4 is 5.91 Å². The minimum Gasteiger partial charge on any atom is -0.342 e. The maximum Gasteiger partial charge on any atom is 0.227 e. The maximum absolute atomic E-state index is 13.5. The molecule has 1 atom stereocenters. The van der Waals surface area contributed by atoms with Crippen LogP contribution in [-0.2, 0) is 11.2 Å². The first-order chi connectivity index (χ1) is 9.10. The SMILES string of the molecule is CNC[C@@H]1CCN(C(=O)Cc2cc(F)ccc2F)C1. The van der Waals surface area contributed by atoms with Gasteiger partial charge in [-0.05, 0) is 44.1 Å². The lowest BCUT2D eigenvalue weighted by Crippen LogP contribution is -2.31. The highest BCUT2D eigenvalue weighted by molar-refractivity contribution is 5.79. The number of hydrogen-bond donors (Lipinski definition) is 1. The van der Waals surface area contributed by atoms with Gasteiger partial charge in [-0.1, -0.05) is 0 Å². The number of rotatable bonds is 4. The summed E-state index contributed by atoms with van der Waals surface area (Å²) in [5.74, 6) is -0.728. The zero-order valence-corrected chi connectivity index (χ0v) is 11.0. The van der Waals surface area contributed by atoms with Gasteiger partial charge in [0.15, 0.2) is 0 Å². The number of carbonyl (C=O) groups excluding carboxylic acids is 1. The Bertz CT molecular complexity index is 465. The molecular formula is C14H18F2N2O. The fourth-order valence-electron chi connectivity index (χ4n) is 2.47. The number of carbonyl (C=O) groups is 1. The van der Waals surface area contributed by atoms with Crippen molar-refractivity contribution in [2.24, 2.45) is 5.92 Å². The molecule has 19 heavy (non-hydrogen) atoms. The number of amides is 1. The second-order valence-electron chi connectivity index (χ2n) is 4.96. The van der Waals surface area contributed by atoms with Crippen LogP contribution < -0.4 is 5.32 Å². The molecule has 1 fully saturated rings. The van der Waals surface area contributed by atoms with E-state index in [9.17, 15) is 13.6 Å². The number of hydrogen-bond acceptors (Lipinski definition) is 2. The van der Waals surface area contributed by atoms with E-state index in [1.54, 1.807) is 4.90 Å². The van der Waals surface area contributed by atoms with Gasteiger partial charge in [0.05, 0.1) is 6.42 Å². The lowest BCUT2D eigenvalue weighted by molar-refractivity contribution is -0.129. The highest BCUT2D eigenvalue weighted by atomic mass is 19.1. The highest BCUT2D eigenvalue weighted by Gasteiger charge is 2.26. The molecule has 1 aromatic carbocycles. The van der Waals surface area contributed by atoms with E-state index < -0.39 is 11.6 Å². The van der Waals surface area contributed by atoms with Crippen molar-refractivity contribution in [2.45, 2.75) is 12.8 Å². The number of halogens is 2. The van der Waals surface area contributed by atoms with Crippen LogP contribution in [0.3, 0.4) is 0 Å². The Morgan fingerprint density at radius 3 is 3.00 bits per heavy atom. The van der Waals surface area contributed by atoms with Gasteiger partial charge in [-0.25, -0.2) is 8.78 Å². The van der Waals surface area contributed by atoms with Crippen molar-refractivity contribution in [3.05, 3.63) is 35.4 Å². The molecule has 5 heteroatoms. The normalized spacial score (nSPS) is 18.9. The fraction of sp³-hybridized carbons (Fsp3) is 0.500. The van der Waals surface area contributed by atoms with Crippen LogP contribution in [0.15, 0.2) is 18.2 Å². The van der Waals surface area contributed by atoms with Crippen molar-refractivity contribution in [1.29, 1.82) is 0 Å². The highest BCUT2D eigenvalue weighted by Crippen LogP contribution is 2.18. The van der Waals surface area contributed by atoms with Crippen LogP contribution in [0, 0.1) is 17.6 Å². The predicted molar refractivity (Wildman–Crippen MR) is 68.7 cm³/mol. The van der Waals surface area contributed by atoms with Crippen LogP contribution in [0.5, 0.6) is 0 Å². The maximum atomic E-state index is 13.5. The molecule has 1 aliphatic heterocycles. The molecule has 1 heterocycles. The average Bonchev–Trinajstić information content (AvgIpc) is 2.83. The van der Waals surface area contributed by atoms with Gasteiger partial charge in [0.2, 0.25) is 5.91 Å². The first kappa shape index (κ1) is 13.9. The van der Waals surface area contributed by atoms with Crippen molar-refractivity contribution in [3.8, 4) is 0 Å². The molecule has 1 saturated heterocycles. The average molecular weight is 268 g/mol. The van der Waals surface area contributed by atoms with Gasteiger partial charge in [-0.2, -0.15) is 0 Å². The first-order valence-electron chi connectivity index (χ1n) is 6.46. The van der Waals surface area contributed by atoms with Gasteiger partial charge in [0, 0.05) is 18.7 Å². The molecule has 0 spiro atoms. The van der Waals surface area contributed by atoms with Crippen molar-refractivity contribution < 1.29 is 13.6 Å². The van der Waals surface area contributed by atoms with Gasteiger partial charge in [0.1, 0.15) is 11.6 Å². The number of nitrogens with one attached hydrogen (secondary N) is 1. The van der Waals surface area contributed by atoms with E-state index in [2.05, 4.69) is 5.32 Å². The molecule has 104 valence electrons.